The Labute approximate surface area is 143 Å². The van der Waals surface area contributed by atoms with Crippen LogP contribution in [-0.4, -0.2) is 43.3 Å². The Balaban J connectivity index is 1.92. The molecule has 0 saturated carbocycles. The van der Waals surface area contributed by atoms with Gasteiger partial charge in [-0.3, -0.25) is 0 Å². The molecule has 6 nitrogen and oxygen atoms in total. The van der Waals surface area contributed by atoms with Crippen molar-refractivity contribution in [2.24, 2.45) is 0 Å². The topological polar surface area (TPSA) is 70.7 Å². The van der Waals surface area contributed by atoms with E-state index in [1.165, 1.54) is 7.11 Å². The van der Waals surface area contributed by atoms with Crippen molar-refractivity contribution >= 4 is 17.8 Å². The first-order valence-electron chi connectivity index (χ1n) is 8.42. The molecule has 0 spiro atoms. The molecule has 6 heteroatoms. The van der Waals surface area contributed by atoms with Crippen molar-refractivity contribution < 1.29 is 14.3 Å². The summed E-state index contributed by atoms with van der Waals surface area (Å²) >= 11 is 0. The van der Waals surface area contributed by atoms with Crippen LogP contribution in [0.25, 0.3) is 0 Å². The van der Waals surface area contributed by atoms with Crippen LogP contribution in [0, 0.1) is 6.92 Å². The van der Waals surface area contributed by atoms with Crippen LogP contribution < -0.4 is 10.6 Å². The van der Waals surface area contributed by atoms with Gasteiger partial charge in [-0.25, -0.2) is 9.59 Å². The lowest BCUT2D eigenvalue weighted by molar-refractivity contribution is 0.110. The standard InChI is InChI=1S/C18H27N3O3/c1-12(2)15-7-5-6-13(3)16(15)20-17(22)19-14-8-10-21(11-9-14)18(23)24-4/h5-7,12,14H,8-11H2,1-4H3,(H2,19,20,22). The van der Waals surface area contributed by atoms with Gasteiger partial charge in [0.2, 0.25) is 0 Å². The third kappa shape index (κ3) is 4.40. The molecule has 1 aliphatic rings. The number of likely N-dealkylation sites (tertiary alicyclic amines) is 1. The molecule has 1 aliphatic heterocycles. The predicted molar refractivity (Wildman–Crippen MR) is 94.4 cm³/mol. The van der Waals surface area contributed by atoms with Gasteiger partial charge in [0.25, 0.3) is 0 Å². The van der Waals surface area contributed by atoms with Crippen molar-refractivity contribution in [1.29, 1.82) is 0 Å². The maximum Gasteiger partial charge on any atom is 0.409 e. The van der Waals surface area contributed by atoms with Gasteiger partial charge in [-0.05, 0) is 36.8 Å². The molecule has 1 fully saturated rings. The van der Waals surface area contributed by atoms with Gasteiger partial charge in [0.1, 0.15) is 0 Å². The van der Waals surface area contributed by atoms with E-state index in [0.717, 1.165) is 29.7 Å². The maximum atomic E-state index is 12.4. The Kier molecular flexibility index (Phi) is 6.06. The number of carbonyl (C=O) groups is 2. The SMILES string of the molecule is COC(=O)N1CCC(NC(=O)Nc2c(C)cccc2C(C)C)CC1. The Hall–Kier alpha value is -2.24. The number of para-hydroxylation sites is 1. The zero-order valence-corrected chi connectivity index (χ0v) is 14.9. The molecule has 1 aromatic rings. The summed E-state index contributed by atoms with van der Waals surface area (Å²) in [6, 6.07) is 5.93. The van der Waals surface area contributed by atoms with E-state index in [9.17, 15) is 9.59 Å². The lowest BCUT2D eigenvalue weighted by Gasteiger charge is -2.31. The highest BCUT2D eigenvalue weighted by Gasteiger charge is 2.24. The molecule has 0 aliphatic carbocycles. The van der Waals surface area contributed by atoms with Crippen LogP contribution >= 0.6 is 0 Å². The van der Waals surface area contributed by atoms with Crippen LogP contribution in [0.5, 0.6) is 0 Å². The van der Waals surface area contributed by atoms with Gasteiger partial charge in [-0.2, -0.15) is 0 Å². The Morgan fingerprint density at radius 3 is 2.50 bits per heavy atom. The minimum Gasteiger partial charge on any atom is -0.453 e. The average molecular weight is 333 g/mol. The van der Waals surface area contributed by atoms with Crippen molar-refractivity contribution in [3.05, 3.63) is 29.3 Å². The van der Waals surface area contributed by atoms with E-state index < -0.39 is 0 Å². The number of anilines is 1. The highest BCUT2D eigenvalue weighted by Crippen LogP contribution is 2.27. The molecule has 0 bridgehead atoms. The number of nitrogens with zero attached hydrogens (tertiary/aromatic N) is 1. The molecule has 1 aromatic carbocycles. The number of aryl methyl sites for hydroxylation is 1. The second-order valence-corrected chi connectivity index (χ2v) is 6.52. The normalized spacial score (nSPS) is 15.3. The number of rotatable bonds is 3. The second-order valence-electron chi connectivity index (χ2n) is 6.52. The third-order valence-corrected chi connectivity index (χ3v) is 4.43. The first kappa shape index (κ1) is 18.1. The van der Waals surface area contributed by atoms with Crippen LogP contribution in [-0.2, 0) is 4.74 Å². The fourth-order valence-electron chi connectivity index (χ4n) is 3.01. The van der Waals surface area contributed by atoms with Gasteiger partial charge < -0.3 is 20.3 Å². The maximum absolute atomic E-state index is 12.4. The van der Waals surface area contributed by atoms with E-state index >= 15 is 0 Å². The number of hydrogen-bond acceptors (Lipinski definition) is 3. The van der Waals surface area contributed by atoms with E-state index in [1.807, 2.05) is 25.1 Å². The molecule has 0 aromatic heterocycles. The van der Waals surface area contributed by atoms with E-state index in [0.29, 0.717) is 19.0 Å². The molecular formula is C18H27N3O3. The average Bonchev–Trinajstić information content (AvgIpc) is 2.56. The number of hydrogen-bond donors (Lipinski definition) is 2. The molecule has 132 valence electrons. The summed E-state index contributed by atoms with van der Waals surface area (Å²) in [6.45, 7) is 7.41. The number of carbonyl (C=O) groups excluding carboxylic acids is 2. The van der Waals surface area contributed by atoms with Crippen LogP contribution in [0.15, 0.2) is 18.2 Å². The molecule has 0 atom stereocenters. The Bertz CT molecular complexity index is 593. The molecule has 3 amide bonds. The monoisotopic (exact) mass is 333 g/mol. The summed E-state index contributed by atoms with van der Waals surface area (Å²) < 4.78 is 4.72. The summed E-state index contributed by atoms with van der Waals surface area (Å²) in [5.41, 5.74) is 3.07. The van der Waals surface area contributed by atoms with Gasteiger partial charge in [-0.15, -0.1) is 0 Å². The Morgan fingerprint density at radius 2 is 1.92 bits per heavy atom. The number of amides is 3. The molecule has 2 N–H and O–H groups in total. The predicted octanol–water partition coefficient (Wildman–Crippen LogP) is 3.47. The lowest BCUT2D eigenvalue weighted by atomic mass is 9.98. The van der Waals surface area contributed by atoms with Gasteiger partial charge in [-0.1, -0.05) is 32.0 Å². The highest BCUT2D eigenvalue weighted by molar-refractivity contribution is 5.91. The molecule has 1 saturated heterocycles. The summed E-state index contributed by atoms with van der Waals surface area (Å²) in [5, 5.41) is 6.01. The second kappa shape index (κ2) is 8.04. The molecule has 0 unspecified atom stereocenters. The number of piperidine rings is 1. The van der Waals surface area contributed by atoms with Crippen LogP contribution in [0.3, 0.4) is 0 Å². The number of urea groups is 1. The molecule has 24 heavy (non-hydrogen) atoms. The van der Waals surface area contributed by atoms with Gasteiger partial charge in [0.15, 0.2) is 0 Å². The first-order chi connectivity index (χ1) is 11.4. The number of nitrogens with one attached hydrogen (secondary N) is 2. The highest BCUT2D eigenvalue weighted by atomic mass is 16.5. The lowest BCUT2D eigenvalue weighted by Crippen LogP contribution is -2.47. The number of benzene rings is 1. The van der Waals surface area contributed by atoms with Crippen molar-refractivity contribution in [3.8, 4) is 0 Å². The fourth-order valence-corrected chi connectivity index (χ4v) is 3.01. The van der Waals surface area contributed by atoms with E-state index in [1.54, 1.807) is 4.90 Å². The molecular weight excluding hydrogens is 306 g/mol. The molecule has 2 rings (SSSR count). The van der Waals surface area contributed by atoms with Gasteiger partial charge in [0, 0.05) is 24.8 Å². The number of methoxy groups -OCH3 is 1. The van der Waals surface area contributed by atoms with Gasteiger partial charge in [0.05, 0.1) is 7.11 Å². The van der Waals surface area contributed by atoms with Crippen molar-refractivity contribution in [2.75, 3.05) is 25.5 Å². The molecule has 0 radical (unpaired) electrons. The van der Waals surface area contributed by atoms with Crippen LogP contribution in [0.2, 0.25) is 0 Å². The zero-order chi connectivity index (χ0) is 17.7. The van der Waals surface area contributed by atoms with Crippen molar-refractivity contribution in [2.45, 2.75) is 45.6 Å². The first-order valence-corrected chi connectivity index (χ1v) is 8.42. The Morgan fingerprint density at radius 1 is 1.25 bits per heavy atom. The summed E-state index contributed by atoms with van der Waals surface area (Å²) in [6.07, 6.45) is 1.15. The smallest absolute Gasteiger partial charge is 0.409 e. The summed E-state index contributed by atoms with van der Waals surface area (Å²) in [7, 11) is 1.38. The summed E-state index contributed by atoms with van der Waals surface area (Å²) in [5.74, 6) is 0.337. The zero-order valence-electron chi connectivity index (χ0n) is 14.9. The minimum absolute atomic E-state index is 0.0671. The van der Waals surface area contributed by atoms with Crippen LogP contribution in [0.1, 0.15) is 43.7 Å². The third-order valence-electron chi connectivity index (χ3n) is 4.43. The van der Waals surface area contributed by atoms with Crippen molar-refractivity contribution in [1.82, 2.24) is 10.2 Å². The van der Waals surface area contributed by atoms with Gasteiger partial charge >= 0.3 is 12.1 Å². The fraction of sp³-hybridized carbons (Fsp3) is 0.556. The minimum atomic E-state index is -0.306. The van der Waals surface area contributed by atoms with Crippen molar-refractivity contribution in [3.63, 3.8) is 0 Å². The van der Waals surface area contributed by atoms with E-state index in [2.05, 4.69) is 24.5 Å². The summed E-state index contributed by atoms with van der Waals surface area (Å²) in [4.78, 5) is 25.5. The van der Waals surface area contributed by atoms with E-state index in [-0.39, 0.29) is 18.2 Å². The van der Waals surface area contributed by atoms with E-state index in [4.69, 9.17) is 4.74 Å². The molecule has 1 heterocycles. The van der Waals surface area contributed by atoms with Crippen LogP contribution in [0.4, 0.5) is 15.3 Å². The number of ether oxygens (including phenoxy) is 1. The quantitative estimate of drug-likeness (QED) is 0.890. The largest absolute Gasteiger partial charge is 0.453 e.